The number of aliphatic imine (C=N–C) groups is 2. The van der Waals surface area contributed by atoms with Crippen LogP contribution in [0.25, 0.3) is 0 Å². The van der Waals surface area contributed by atoms with Crippen LogP contribution in [0.5, 0.6) is 0 Å². The summed E-state index contributed by atoms with van der Waals surface area (Å²) in [4.78, 5) is 38.7. The molecule has 2 amide bonds. The second kappa shape index (κ2) is 12.2. The van der Waals surface area contributed by atoms with E-state index in [2.05, 4.69) is 53.1 Å². The SMILES string of the molecule is CC(C)CC[C@H](c1ccc(C(=O)NCC2=NCN=N2)cc1)N1C(=O)C(c2cccc(Cl)c2)=NC12CC(C)CC(C)C2. The Morgan fingerprint density at radius 1 is 1.10 bits per heavy atom. The molecule has 0 radical (unpaired) electrons. The minimum absolute atomic E-state index is 0.0457. The molecule has 216 valence electrons. The molecule has 1 aliphatic carbocycles. The summed E-state index contributed by atoms with van der Waals surface area (Å²) < 4.78 is 0. The fourth-order valence-corrected chi connectivity index (χ4v) is 6.80. The highest BCUT2D eigenvalue weighted by molar-refractivity contribution is 6.47. The van der Waals surface area contributed by atoms with E-state index in [1.807, 2.05) is 48.5 Å². The number of halogens is 1. The Hall–Kier alpha value is -3.39. The Morgan fingerprint density at radius 2 is 1.83 bits per heavy atom. The lowest BCUT2D eigenvalue weighted by Gasteiger charge is -2.47. The minimum Gasteiger partial charge on any atom is -0.345 e. The molecule has 1 spiro atoms. The van der Waals surface area contributed by atoms with Gasteiger partial charge in [0.25, 0.3) is 11.8 Å². The van der Waals surface area contributed by atoms with Gasteiger partial charge in [-0.15, -0.1) is 5.11 Å². The fourth-order valence-electron chi connectivity index (χ4n) is 6.61. The van der Waals surface area contributed by atoms with E-state index in [1.54, 1.807) is 0 Å². The van der Waals surface area contributed by atoms with Crippen LogP contribution >= 0.6 is 11.6 Å². The van der Waals surface area contributed by atoms with Crippen LogP contribution in [0.1, 0.15) is 87.3 Å². The Balaban J connectivity index is 1.49. The first kappa shape index (κ1) is 29.1. The van der Waals surface area contributed by atoms with Gasteiger partial charge in [0.05, 0.1) is 12.6 Å². The number of rotatable bonds is 9. The molecule has 3 atom stereocenters. The number of hydrogen-bond donors (Lipinski definition) is 1. The van der Waals surface area contributed by atoms with E-state index < -0.39 is 5.66 Å². The molecule has 0 aromatic heterocycles. The van der Waals surface area contributed by atoms with E-state index in [0.29, 0.717) is 46.6 Å². The number of amidine groups is 1. The predicted octanol–water partition coefficient (Wildman–Crippen LogP) is 6.85. The Labute approximate surface area is 247 Å². The third kappa shape index (κ3) is 6.43. The zero-order chi connectivity index (χ0) is 29.1. The van der Waals surface area contributed by atoms with Crippen molar-refractivity contribution in [1.29, 1.82) is 0 Å². The van der Waals surface area contributed by atoms with Gasteiger partial charge in [-0.25, -0.2) is 4.99 Å². The zero-order valence-electron chi connectivity index (χ0n) is 24.3. The Bertz CT molecular complexity index is 1370. The minimum atomic E-state index is -0.611. The molecule has 41 heavy (non-hydrogen) atoms. The van der Waals surface area contributed by atoms with Gasteiger partial charge in [0.15, 0.2) is 12.5 Å². The summed E-state index contributed by atoms with van der Waals surface area (Å²) in [5.41, 5.74) is 2.20. The van der Waals surface area contributed by atoms with Gasteiger partial charge in [-0.2, -0.15) is 5.11 Å². The van der Waals surface area contributed by atoms with Gasteiger partial charge in [-0.1, -0.05) is 63.6 Å². The molecule has 2 aliphatic heterocycles. The molecular weight excluding hydrogens is 536 g/mol. The van der Waals surface area contributed by atoms with Crippen molar-refractivity contribution in [2.75, 3.05) is 13.2 Å². The molecule has 3 aliphatic rings. The van der Waals surface area contributed by atoms with Crippen molar-refractivity contribution < 1.29 is 9.59 Å². The molecular formula is C32H39ClN6O2. The van der Waals surface area contributed by atoms with Crippen LogP contribution in [-0.4, -0.2) is 47.1 Å². The summed E-state index contributed by atoms with van der Waals surface area (Å²) in [5.74, 6) is 1.64. The first-order valence-corrected chi connectivity index (χ1v) is 15.0. The second-order valence-electron chi connectivity index (χ2n) is 12.2. The van der Waals surface area contributed by atoms with Crippen molar-refractivity contribution in [3.05, 3.63) is 70.2 Å². The fraction of sp³-hybridized carbons (Fsp3) is 0.500. The van der Waals surface area contributed by atoms with E-state index in [4.69, 9.17) is 16.6 Å². The number of carbonyl (C=O) groups is 2. The van der Waals surface area contributed by atoms with Crippen molar-refractivity contribution in [3.63, 3.8) is 0 Å². The normalized spacial score (nSPS) is 24.6. The number of hydrogen-bond acceptors (Lipinski definition) is 6. The van der Waals surface area contributed by atoms with E-state index in [9.17, 15) is 9.59 Å². The van der Waals surface area contributed by atoms with Gasteiger partial charge >= 0.3 is 0 Å². The lowest BCUT2D eigenvalue weighted by Crippen LogP contribution is -2.52. The highest BCUT2D eigenvalue weighted by Crippen LogP contribution is 2.48. The van der Waals surface area contributed by atoms with Crippen LogP contribution in [0.3, 0.4) is 0 Å². The van der Waals surface area contributed by atoms with Crippen LogP contribution in [0.15, 0.2) is 68.7 Å². The summed E-state index contributed by atoms with van der Waals surface area (Å²) >= 11 is 6.34. The molecule has 5 rings (SSSR count). The molecule has 1 N–H and O–H groups in total. The Kier molecular flexibility index (Phi) is 8.68. The van der Waals surface area contributed by atoms with Gasteiger partial charge in [0.1, 0.15) is 11.4 Å². The van der Waals surface area contributed by atoms with Crippen LogP contribution in [0.2, 0.25) is 5.02 Å². The van der Waals surface area contributed by atoms with E-state index in [-0.39, 0.29) is 24.4 Å². The number of benzene rings is 2. The van der Waals surface area contributed by atoms with Crippen molar-refractivity contribution in [1.82, 2.24) is 10.2 Å². The largest absolute Gasteiger partial charge is 0.345 e. The standard InChI is InChI=1S/C32H39ClN6O2/c1-20(2)8-13-27(23-9-11-24(12-10-23)30(40)34-18-28-35-19-36-38-28)39-31(41)29(25-6-5-7-26(33)15-25)37-32(39)16-21(3)14-22(4)17-32/h5-7,9-12,15,20-22,27H,8,13-14,16-19H2,1-4H3,(H,34,40)/t21?,22?,27-,32?/m1/s1. The molecule has 2 heterocycles. The number of azo groups is 1. The average molecular weight is 575 g/mol. The number of nitrogens with zero attached hydrogens (tertiary/aromatic N) is 5. The van der Waals surface area contributed by atoms with Crippen LogP contribution in [-0.2, 0) is 4.79 Å². The summed E-state index contributed by atoms with van der Waals surface area (Å²) in [5, 5.41) is 11.2. The number of carbonyl (C=O) groups excluding carboxylic acids is 2. The highest BCUT2D eigenvalue weighted by atomic mass is 35.5. The maximum Gasteiger partial charge on any atom is 0.275 e. The monoisotopic (exact) mass is 574 g/mol. The molecule has 2 aromatic carbocycles. The van der Waals surface area contributed by atoms with E-state index >= 15 is 0 Å². The van der Waals surface area contributed by atoms with Gasteiger partial charge in [0.2, 0.25) is 0 Å². The maximum absolute atomic E-state index is 14.4. The lowest BCUT2D eigenvalue weighted by molar-refractivity contribution is -0.134. The Morgan fingerprint density at radius 3 is 2.46 bits per heavy atom. The molecule has 2 unspecified atom stereocenters. The molecule has 0 bridgehead atoms. The first-order valence-electron chi connectivity index (χ1n) is 14.6. The smallest absolute Gasteiger partial charge is 0.275 e. The highest BCUT2D eigenvalue weighted by Gasteiger charge is 2.53. The maximum atomic E-state index is 14.4. The summed E-state index contributed by atoms with van der Waals surface area (Å²) in [6.07, 6.45) is 4.55. The predicted molar refractivity (Wildman–Crippen MR) is 162 cm³/mol. The number of amides is 2. The second-order valence-corrected chi connectivity index (χ2v) is 12.7. The van der Waals surface area contributed by atoms with Gasteiger partial charge in [-0.05, 0) is 79.7 Å². The average Bonchev–Trinajstić information content (AvgIpc) is 3.54. The van der Waals surface area contributed by atoms with Crippen molar-refractivity contribution >= 4 is 35.0 Å². The molecule has 8 nitrogen and oxygen atoms in total. The van der Waals surface area contributed by atoms with Crippen molar-refractivity contribution in [2.45, 2.75) is 71.5 Å². The molecule has 0 saturated heterocycles. The van der Waals surface area contributed by atoms with Crippen LogP contribution in [0, 0.1) is 17.8 Å². The molecule has 1 saturated carbocycles. The van der Waals surface area contributed by atoms with Gasteiger partial charge in [-0.3, -0.25) is 14.6 Å². The molecule has 1 fully saturated rings. The summed E-state index contributed by atoms with van der Waals surface area (Å²) in [7, 11) is 0. The molecule has 9 heteroatoms. The summed E-state index contributed by atoms with van der Waals surface area (Å²) in [6.45, 7) is 9.50. The van der Waals surface area contributed by atoms with E-state index in [1.165, 1.54) is 0 Å². The lowest BCUT2D eigenvalue weighted by atomic mass is 9.75. The quantitative estimate of drug-likeness (QED) is 0.354. The van der Waals surface area contributed by atoms with Gasteiger partial charge < -0.3 is 10.2 Å². The van der Waals surface area contributed by atoms with Crippen LogP contribution in [0.4, 0.5) is 0 Å². The van der Waals surface area contributed by atoms with E-state index in [0.717, 1.165) is 43.2 Å². The number of nitrogens with one attached hydrogen (secondary N) is 1. The summed E-state index contributed by atoms with van der Waals surface area (Å²) in [6, 6.07) is 14.9. The topological polar surface area (TPSA) is 98.9 Å². The van der Waals surface area contributed by atoms with Gasteiger partial charge in [0, 0.05) is 16.1 Å². The zero-order valence-corrected chi connectivity index (χ0v) is 25.1. The third-order valence-corrected chi connectivity index (χ3v) is 8.47. The third-order valence-electron chi connectivity index (χ3n) is 8.24. The van der Waals surface area contributed by atoms with Crippen molar-refractivity contribution in [2.24, 2.45) is 38.0 Å². The first-order chi connectivity index (χ1) is 19.6. The van der Waals surface area contributed by atoms with Crippen molar-refractivity contribution in [3.8, 4) is 0 Å². The van der Waals surface area contributed by atoms with Crippen LogP contribution < -0.4 is 5.32 Å². The molecule has 2 aromatic rings.